The summed E-state index contributed by atoms with van der Waals surface area (Å²) in [4.78, 5) is 17.8. The summed E-state index contributed by atoms with van der Waals surface area (Å²) < 4.78 is 5.53. The molecule has 1 saturated heterocycles. The molecule has 1 heterocycles. The minimum absolute atomic E-state index is 0.0969. The van der Waals surface area contributed by atoms with Crippen LogP contribution in [0.2, 0.25) is 0 Å². The van der Waals surface area contributed by atoms with Gasteiger partial charge in [0.25, 0.3) is 5.91 Å². The van der Waals surface area contributed by atoms with E-state index in [9.17, 15) is 4.79 Å². The molecule has 6 nitrogen and oxygen atoms in total. The SMILES string of the molecule is COc1ccccc1N1CCN(c2ccc(N)cc2C(=O)NC(C)c2ccccc2)CC1. The van der Waals surface area contributed by atoms with Crippen molar-refractivity contribution in [2.45, 2.75) is 13.0 Å². The number of rotatable bonds is 6. The molecule has 6 heteroatoms. The maximum atomic E-state index is 13.2. The number of benzene rings is 3. The van der Waals surface area contributed by atoms with E-state index in [4.69, 9.17) is 10.5 Å². The van der Waals surface area contributed by atoms with Gasteiger partial charge in [0.1, 0.15) is 5.75 Å². The molecule has 1 atom stereocenters. The molecule has 3 N–H and O–H groups in total. The number of methoxy groups -OCH3 is 1. The normalized spacial score (nSPS) is 14.7. The number of nitrogens with zero attached hydrogens (tertiary/aromatic N) is 2. The number of carbonyl (C=O) groups excluding carboxylic acids is 1. The number of nitrogens with one attached hydrogen (secondary N) is 1. The zero-order valence-electron chi connectivity index (χ0n) is 18.6. The van der Waals surface area contributed by atoms with E-state index in [-0.39, 0.29) is 11.9 Å². The van der Waals surface area contributed by atoms with Crippen LogP contribution in [0.3, 0.4) is 0 Å². The third-order valence-corrected chi connectivity index (χ3v) is 5.96. The van der Waals surface area contributed by atoms with Crippen molar-refractivity contribution in [1.82, 2.24) is 5.32 Å². The molecule has 166 valence electrons. The van der Waals surface area contributed by atoms with Gasteiger partial charge in [0.05, 0.1) is 24.4 Å². The number of carbonyl (C=O) groups is 1. The first-order chi connectivity index (χ1) is 15.6. The number of nitrogen functional groups attached to an aromatic ring is 1. The van der Waals surface area contributed by atoms with E-state index in [0.717, 1.165) is 48.9 Å². The van der Waals surface area contributed by atoms with Gasteiger partial charge in [0, 0.05) is 37.6 Å². The molecule has 1 amide bonds. The first-order valence-corrected chi connectivity index (χ1v) is 10.9. The summed E-state index contributed by atoms with van der Waals surface area (Å²) in [7, 11) is 1.70. The van der Waals surface area contributed by atoms with E-state index in [0.29, 0.717) is 11.3 Å². The number of para-hydroxylation sites is 2. The van der Waals surface area contributed by atoms with Gasteiger partial charge in [-0.15, -0.1) is 0 Å². The lowest BCUT2D eigenvalue weighted by atomic mass is 10.1. The van der Waals surface area contributed by atoms with Crippen molar-refractivity contribution in [1.29, 1.82) is 0 Å². The van der Waals surface area contributed by atoms with Crippen LogP contribution in [0.5, 0.6) is 5.75 Å². The van der Waals surface area contributed by atoms with Crippen LogP contribution in [0.1, 0.15) is 28.9 Å². The van der Waals surface area contributed by atoms with E-state index < -0.39 is 0 Å². The smallest absolute Gasteiger partial charge is 0.253 e. The molecule has 3 aromatic rings. The highest BCUT2D eigenvalue weighted by Gasteiger charge is 2.24. The average Bonchev–Trinajstić information content (AvgIpc) is 2.84. The van der Waals surface area contributed by atoms with Crippen LogP contribution in [0.4, 0.5) is 17.1 Å². The Morgan fingerprint density at radius 2 is 1.53 bits per heavy atom. The van der Waals surface area contributed by atoms with Crippen LogP contribution in [-0.2, 0) is 0 Å². The summed E-state index contributed by atoms with van der Waals surface area (Å²) >= 11 is 0. The number of nitrogens with two attached hydrogens (primary N) is 1. The fraction of sp³-hybridized carbons (Fsp3) is 0.269. The van der Waals surface area contributed by atoms with Crippen LogP contribution in [-0.4, -0.2) is 39.2 Å². The molecule has 0 saturated carbocycles. The Labute approximate surface area is 189 Å². The van der Waals surface area contributed by atoms with E-state index >= 15 is 0 Å². The first kappa shape index (κ1) is 21.6. The third-order valence-electron chi connectivity index (χ3n) is 5.96. The summed E-state index contributed by atoms with van der Waals surface area (Å²) in [6.07, 6.45) is 0. The second-order valence-corrected chi connectivity index (χ2v) is 8.03. The minimum atomic E-state index is -0.115. The fourth-order valence-corrected chi connectivity index (χ4v) is 4.19. The number of anilines is 3. The Hall–Kier alpha value is -3.67. The first-order valence-electron chi connectivity index (χ1n) is 10.9. The van der Waals surface area contributed by atoms with Crippen LogP contribution in [0.25, 0.3) is 0 Å². The van der Waals surface area contributed by atoms with Crippen molar-refractivity contribution >= 4 is 23.0 Å². The number of amides is 1. The topological polar surface area (TPSA) is 70.8 Å². The Morgan fingerprint density at radius 1 is 0.906 bits per heavy atom. The van der Waals surface area contributed by atoms with Crippen molar-refractivity contribution in [3.8, 4) is 5.75 Å². The van der Waals surface area contributed by atoms with Gasteiger partial charge in [-0.3, -0.25) is 4.79 Å². The molecule has 32 heavy (non-hydrogen) atoms. The van der Waals surface area contributed by atoms with Crippen LogP contribution in [0, 0.1) is 0 Å². The zero-order valence-corrected chi connectivity index (χ0v) is 18.6. The molecule has 0 aliphatic carbocycles. The van der Waals surface area contributed by atoms with Crippen LogP contribution >= 0.6 is 0 Å². The zero-order chi connectivity index (χ0) is 22.5. The molecule has 0 spiro atoms. The molecule has 0 aromatic heterocycles. The molecule has 0 bridgehead atoms. The molecule has 4 rings (SSSR count). The summed E-state index contributed by atoms with van der Waals surface area (Å²) in [5.41, 5.74) is 10.3. The monoisotopic (exact) mass is 430 g/mol. The molecular formula is C26H30N4O2. The summed E-state index contributed by atoms with van der Waals surface area (Å²) in [6, 6.07) is 23.5. The quantitative estimate of drug-likeness (QED) is 0.577. The Balaban J connectivity index is 1.49. The Kier molecular flexibility index (Phi) is 6.50. The largest absolute Gasteiger partial charge is 0.495 e. The van der Waals surface area contributed by atoms with E-state index in [1.54, 1.807) is 13.2 Å². The minimum Gasteiger partial charge on any atom is -0.495 e. The van der Waals surface area contributed by atoms with Crippen molar-refractivity contribution in [2.75, 3.05) is 48.8 Å². The van der Waals surface area contributed by atoms with Crippen molar-refractivity contribution < 1.29 is 9.53 Å². The van der Waals surface area contributed by atoms with Crippen LogP contribution < -0.4 is 25.6 Å². The van der Waals surface area contributed by atoms with Crippen molar-refractivity contribution in [3.05, 3.63) is 83.9 Å². The summed E-state index contributed by atoms with van der Waals surface area (Å²) in [6.45, 7) is 5.27. The highest BCUT2D eigenvalue weighted by molar-refractivity contribution is 6.01. The molecule has 0 radical (unpaired) electrons. The van der Waals surface area contributed by atoms with E-state index in [2.05, 4.69) is 21.2 Å². The second-order valence-electron chi connectivity index (χ2n) is 8.03. The molecule has 1 aliphatic heterocycles. The fourth-order valence-electron chi connectivity index (χ4n) is 4.19. The number of piperazine rings is 1. The highest BCUT2D eigenvalue weighted by Crippen LogP contribution is 2.30. The lowest BCUT2D eigenvalue weighted by Gasteiger charge is -2.38. The van der Waals surface area contributed by atoms with E-state index in [1.165, 1.54) is 0 Å². The number of ether oxygens (including phenoxy) is 1. The highest BCUT2D eigenvalue weighted by atomic mass is 16.5. The maximum Gasteiger partial charge on any atom is 0.253 e. The van der Waals surface area contributed by atoms with Gasteiger partial charge in [-0.2, -0.15) is 0 Å². The number of hydrogen-bond acceptors (Lipinski definition) is 5. The lowest BCUT2D eigenvalue weighted by molar-refractivity contribution is 0.0940. The van der Waals surface area contributed by atoms with Gasteiger partial charge in [0.2, 0.25) is 0 Å². The molecule has 3 aromatic carbocycles. The summed E-state index contributed by atoms with van der Waals surface area (Å²) in [5, 5.41) is 3.12. The number of hydrogen-bond donors (Lipinski definition) is 2. The summed E-state index contributed by atoms with van der Waals surface area (Å²) in [5.74, 6) is 0.763. The van der Waals surface area contributed by atoms with Gasteiger partial charge in [0.15, 0.2) is 0 Å². The van der Waals surface area contributed by atoms with Gasteiger partial charge in [-0.05, 0) is 42.8 Å². The Morgan fingerprint density at radius 3 is 2.22 bits per heavy atom. The van der Waals surface area contributed by atoms with Gasteiger partial charge in [-0.1, -0.05) is 42.5 Å². The molecule has 1 unspecified atom stereocenters. The third kappa shape index (κ3) is 4.64. The van der Waals surface area contributed by atoms with Crippen molar-refractivity contribution in [3.63, 3.8) is 0 Å². The van der Waals surface area contributed by atoms with E-state index in [1.807, 2.05) is 67.6 Å². The van der Waals surface area contributed by atoms with Gasteiger partial charge in [-0.25, -0.2) is 0 Å². The van der Waals surface area contributed by atoms with Crippen LogP contribution in [0.15, 0.2) is 72.8 Å². The molecule has 1 aliphatic rings. The predicted molar refractivity (Wildman–Crippen MR) is 131 cm³/mol. The van der Waals surface area contributed by atoms with Gasteiger partial charge >= 0.3 is 0 Å². The lowest BCUT2D eigenvalue weighted by Crippen LogP contribution is -2.47. The predicted octanol–water partition coefficient (Wildman–Crippen LogP) is 4.10. The standard InChI is InChI=1S/C26H30N4O2/c1-19(20-8-4-3-5-9-20)28-26(31)22-18-21(27)12-13-23(22)29-14-16-30(17-15-29)24-10-6-7-11-25(24)32-2/h3-13,18-19H,14-17,27H2,1-2H3,(H,28,31). The van der Waals surface area contributed by atoms with Crippen molar-refractivity contribution in [2.24, 2.45) is 0 Å². The van der Waals surface area contributed by atoms with Gasteiger partial charge < -0.3 is 25.6 Å². The second kappa shape index (κ2) is 9.64. The molecular weight excluding hydrogens is 400 g/mol. The Bertz CT molecular complexity index is 1060. The molecule has 1 fully saturated rings. The average molecular weight is 431 g/mol. The maximum absolute atomic E-state index is 13.2.